The molecular weight excluding hydrogens is 367 g/mol. The summed E-state index contributed by atoms with van der Waals surface area (Å²) in [5, 5.41) is 0. The number of aryl methyl sites for hydroxylation is 1. The van der Waals surface area contributed by atoms with Crippen LogP contribution in [0.3, 0.4) is 0 Å². The quantitative estimate of drug-likeness (QED) is 0.523. The van der Waals surface area contributed by atoms with Crippen molar-refractivity contribution in [2.24, 2.45) is 7.05 Å². The summed E-state index contributed by atoms with van der Waals surface area (Å²) < 4.78 is 21.0. The van der Waals surface area contributed by atoms with Crippen LogP contribution in [0.25, 0.3) is 0 Å². The third-order valence-electron chi connectivity index (χ3n) is 4.77. The summed E-state index contributed by atoms with van der Waals surface area (Å²) in [6.07, 6.45) is 3.81. The molecule has 0 saturated carbocycles. The Morgan fingerprint density at radius 3 is 2.48 bits per heavy atom. The van der Waals surface area contributed by atoms with Gasteiger partial charge in [-0.1, -0.05) is 24.3 Å². The van der Waals surface area contributed by atoms with Crippen molar-refractivity contribution in [3.63, 3.8) is 0 Å². The van der Waals surface area contributed by atoms with E-state index >= 15 is 0 Å². The van der Waals surface area contributed by atoms with Gasteiger partial charge in [0.2, 0.25) is 0 Å². The Balaban J connectivity index is 1.64. The van der Waals surface area contributed by atoms with Gasteiger partial charge >= 0.3 is 0 Å². The van der Waals surface area contributed by atoms with E-state index in [1.807, 2.05) is 31.6 Å². The predicted molar refractivity (Wildman–Crippen MR) is 113 cm³/mol. The monoisotopic (exact) mass is 396 g/mol. The molecule has 0 N–H and O–H groups in total. The molecule has 0 saturated heterocycles. The number of ether oxygens (including phenoxy) is 1. The largest absolute Gasteiger partial charge is 0.489 e. The van der Waals surface area contributed by atoms with Crippen LogP contribution in [0, 0.1) is 5.82 Å². The highest BCUT2D eigenvalue weighted by molar-refractivity contribution is 5.29. The van der Waals surface area contributed by atoms with E-state index in [1.54, 1.807) is 12.1 Å². The second kappa shape index (κ2) is 10.2. The minimum absolute atomic E-state index is 0.235. The molecule has 154 valence electrons. The Morgan fingerprint density at radius 1 is 1.00 bits per heavy atom. The van der Waals surface area contributed by atoms with Gasteiger partial charge in [-0.25, -0.2) is 9.37 Å². The molecule has 2 aromatic carbocycles. The Bertz CT molecular complexity index is 892. The normalized spacial score (nSPS) is 11.4. The Morgan fingerprint density at radius 2 is 1.79 bits per heavy atom. The molecule has 0 unspecified atom stereocenters. The van der Waals surface area contributed by atoms with Crippen molar-refractivity contribution in [3.8, 4) is 5.75 Å². The number of hydrogen-bond acceptors (Lipinski definition) is 4. The van der Waals surface area contributed by atoms with Gasteiger partial charge in [-0.15, -0.1) is 0 Å². The summed E-state index contributed by atoms with van der Waals surface area (Å²) in [4.78, 5) is 9.05. The second-order valence-corrected chi connectivity index (χ2v) is 7.53. The molecule has 0 fully saturated rings. The lowest BCUT2D eigenvalue weighted by atomic mass is 10.2. The highest BCUT2D eigenvalue weighted by Gasteiger charge is 2.11. The van der Waals surface area contributed by atoms with Crippen LogP contribution in [0.15, 0.2) is 60.9 Å². The molecule has 0 aliphatic carbocycles. The molecule has 1 heterocycles. The SMILES string of the molecule is CN(C)CCN(Cc1cccc(OCc2ccc(F)cc2)c1)Cc1nccn1C. The fraction of sp³-hybridized carbons (Fsp3) is 0.348. The fourth-order valence-electron chi connectivity index (χ4n) is 3.04. The van der Waals surface area contributed by atoms with E-state index in [0.29, 0.717) is 6.61 Å². The smallest absolute Gasteiger partial charge is 0.123 e. The first-order valence-electron chi connectivity index (χ1n) is 9.79. The Kier molecular flexibility index (Phi) is 7.38. The summed E-state index contributed by atoms with van der Waals surface area (Å²) in [6.45, 7) is 3.94. The van der Waals surface area contributed by atoms with Crippen LogP contribution in [0.5, 0.6) is 5.75 Å². The van der Waals surface area contributed by atoms with Crippen molar-refractivity contribution >= 4 is 0 Å². The van der Waals surface area contributed by atoms with Gasteiger partial charge in [-0.2, -0.15) is 0 Å². The van der Waals surface area contributed by atoms with Crippen molar-refractivity contribution in [2.45, 2.75) is 19.7 Å². The molecule has 0 atom stereocenters. The molecule has 0 amide bonds. The molecule has 5 nitrogen and oxygen atoms in total. The average molecular weight is 397 g/mol. The molecule has 3 aromatic rings. The predicted octanol–water partition coefficient (Wildman–Crippen LogP) is 3.70. The number of nitrogens with zero attached hydrogens (tertiary/aromatic N) is 4. The number of benzene rings is 2. The molecule has 0 bridgehead atoms. The summed E-state index contributed by atoms with van der Waals surface area (Å²) >= 11 is 0. The number of halogens is 1. The van der Waals surface area contributed by atoms with Crippen LogP contribution in [0.4, 0.5) is 4.39 Å². The molecule has 29 heavy (non-hydrogen) atoms. The highest BCUT2D eigenvalue weighted by Crippen LogP contribution is 2.18. The van der Waals surface area contributed by atoms with Gasteiger partial charge in [0.15, 0.2) is 0 Å². The standard InChI is InChI=1S/C23H29FN4O/c1-26(2)13-14-28(17-23-25-11-12-27(23)3)16-20-5-4-6-22(15-20)29-18-19-7-9-21(24)10-8-19/h4-12,15H,13-14,16-18H2,1-3H3. The molecule has 0 spiro atoms. The maximum absolute atomic E-state index is 13.0. The molecular formula is C23H29FN4O. The van der Waals surface area contributed by atoms with Gasteiger partial charge in [0, 0.05) is 39.1 Å². The number of imidazole rings is 1. The van der Waals surface area contributed by atoms with Crippen LogP contribution in [0.1, 0.15) is 17.0 Å². The molecule has 1 aromatic heterocycles. The van der Waals surface area contributed by atoms with Gasteiger partial charge in [0.25, 0.3) is 0 Å². The maximum Gasteiger partial charge on any atom is 0.123 e. The van der Waals surface area contributed by atoms with Gasteiger partial charge in [0.05, 0.1) is 6.54 Å². The van der Waals surface area contributed by atoms with E-state index in [9.17, 15) is 4.39 Å². The first-order chi connectivity index (χ1) is 14.0. The summed E-state index contributed by atoms with van der Waals surface area (Å²) in [7, 11) is 6.20. The molecule has 0 aliphatic rings. The third kappa shape index (κ3) is 6.69. The number of rotatable bonds is 10. The van der Waals surface area contributed by atoms with E-state index in [0.717, 1.165) is 43.3 Å². The first-order valence-corrected chi connectivity index (χ1v) is 9.79. The minimum atomic E-state index is -0.235. The van der Waals surface area contributed by atoms with Crippen LogP contribution < -0.4 is 4.74 Å². The molecule has 6 heteroatoms. The topological polar surface area (TPSA) is 33.5 Å². The van der Waals surface area contributed by atoms with E-state index in [1.165, 1.54) is 17.7 Å². The van der Waals surface area contributed by atoms with Gasteiger partial charge < -0.3 is 14.2 Å². The average Bonchev–Trinajstić information content (AvgIpc) is 3.10. The van der Waals surface area contributed by atoms with Crippen LogP contribution in [-0.4, -0.2) is 46.5 Å². The number of likely N-dealkylation sites (N-methyl/N-ethyl adjacent to an activating group) is 1. The van der Waals surface area contributed by atoms with Gasteiger partial charge in [-0.3, -0.25) is 4.90 Å². The van der Waals surface area contributed by atoms with E-state index in [2.05, 4.69) is 45.6 Å². The summed E-state index contributed by atoms with van der Waals surface area (Å²) in [5.74, 6) is 1.63. The maximum atomic E-state index is 13.0. The van der Waals surface area contributed by atoms with Crippen LogP contribution >= 0.6 is 0 Å². The Labute approximate surface area is 172 Å². The minimum Gasteiger partial charge on any atom is -0.489 e. The summed E-state index contributed by atoms with van der Waals surface area (Å²) in [6, 6.07) is 14.6. The third-order valence-corrected chi connectivity index (χ3v) is 4.77. The van der Waals surface area contributed by atoms with Crippen molar-refractivity contribution in [3.05, 3.63) is 83.7 Å². The molecule has 3 rings (SSSR count). The van der Waals surface area contributed by atoms with Crippen molar-refractivity contribution < 1.29 is 9.13 Å². The first kappa shape index (κ1) is 21.0. The van der Waals surface area contributed by atoms with Crippen LogP contribution in [-0.2, 0) is 26.7 Å². The lowest BCUT2D eigenvalue weighted by Crippen LogP contribution is -2.31. The van der Waals surface area contributed by atoms with E-state index in [4.69, 9.17) is 4.74 Å². The zero-order valence-electron chi connectivity index (χ0n) is 17.4. The molecule has 0 aliphatic heterocycles. The van der Waals surface area contributed by atoms with Crippen molar-refractivity contribution in [2.75, 3.05) is 27.2 Å². The second-order valence-electron chi connectivity index (χ2n) is 7.53. The zero-order chi connectivity index (χ0) is 20.6. The van der Waals surface area contributed by atoms with Crippen LogP contribution in [0.2, 0.25) is 0 Å². The Hall–Kier alpha value is -2.70. The highest BCUT2D eigenvalue weighted by atomic mass is 19.1. The van der Waals surface area contributed by atoms with Gasteiger partial charge in [0.1, 0.15) is 24.0 Å². The van der Waals surface area contributed by atoms with Crippen molar-refractivity contribution in [1.29, 1.82) is 0 Å². The van der Waals surface area contributed by atoms with Gasteiger partial charge in [-0.05, 0) is 49.5 Å². The lowest BCUT2D eigenvalue weighted by molar-refractivity contribution is 0.219. The summed E-state index contributed by atoms with van der Waals surface area (Å²) in [5.41, 5.74) is 2.13. The zero-order valence-corrected chi connectivity index (χ0v) is 17.4. The number of aromatic nitrogens is 2. The molecule has 0 radical (unpaired) electrons. The number of hydrogen-bond donors (Lipinski definition) is 0. The fourth-order valence-corrected chi connectivity index (χ4v) is 3.04. The van der Waals surface area contributed by atoms with E-state index in [-0.39, 0.29) is 5.82 Å². The van der Waals surface area contributed by atoms with E-state index < -0.39 is 0 Å². The van der Waals surface area contributed by atoms with Crippen molar-refractivity contribution in [1.82, 2.24) is 19.4 Å². The lowest BCUT2D eigenvalue weighted by Gasteiger charge is -2.24.